The van der Waals surface area contributed by atoms with Crippen molar-refractivity contribution in [3.05, 3.63) is 22.4 Å². The number of hydrogen-bond donors (Lipinski definition) is 1. The Labute approximate surface area is 121 Å². The SMILES string of the molecule is CCC(C)N1CCN(CCNCc2cccs2)CC1. The van der Waals surface area contributed by atoms with Crippen LogP contribution in [0.5, 0.6) is 0 Å². The molecule has 4 heteroatoms. The molecule has 0 bridgehead atoms. The number of rotatable bonds is 7. The Morgan fingerprint density at radius 3 is 2.74 bits per heavy atom. The van der Waals surface area contributed by atoms with Crippen LogP contribution in [0, 0.1) is 0 Å². The van der Waals surface area contributed by atoms with Gasteiger partial charge < -0.3 is 5.32 Å². The van der Waals surface area contributed by atoms with Crippen molar-refractivity contribution in [2.75, 3.05) is 39.3 Å². The molecule has 0 amide bonds. The van der Waals surface area contributed by atoms with Crippen molar-refractivity contribution in [3.63, 3.8) is 0 Å². The molecule has 2 heterocycles. The smallest absolute Gasteiger partial charge is 0.0300 e. The maximum atomic E-state index is 3.54. The maximum Gasteiger partial charge on any atom is 0.0300 e. The first-order chi connectivity index (χ1) is 9.29. The highest BCUT2D eigenvalue weighted by Crippen LogP contribution is 2.09. The van der Waals surface area contributed by atoms with Crippen molar-refractivity contribution in [2.24, 2.45) is 0 Å². The van der Waals surface area contributed by atoms with E-state index in [2.05, 4.69) is 46.5 Å². The van der Waals surface area contributed by atoms with Crippen LogP contribution < -0.4 is 5.32 Å². The lowest BCUT2D eigenvalue weighted by molar-refractivity contribution is 0.101. The Morgan fingerprint density at radius 2 is 2.11 bits per heavy atom. The Hall–Kier alpha value is -0.420. The lowest BCUT2D eigenvalue weighted by atomic mass is 10.2. The van der Waals surface area contributed by atoms with Crippen LogP contribution in [0.1, 0.15) is 25.1 Å². The molecule has 2 rings (SSSR count). The number of hydrogen-bond acceptors (Lipinski definition) is 4. The summed E-state index contributed by atoms with van der Waals surface area (Å²) in [4.78, 5) is 6.64. The molecule has 0 aromatic carbocycles. The van der Waals surface area contributed by atoms with Crippen molar-refractivity contribution in [1.82, 2.24) is 15.1 Å². The summed E-state index contributed by atoms with van der Waals surface area (Å²) >= 11 is 1.83. The van der Waals surface area contributed by atoms with Gasteiger partial charge in [0.1, 0.15) is 0 Å². The highest BCUT2D eigenvalue weighted by atomic mass is 32.1. The van der Waals surface area contributed by atoms with Crippen LogP contribution in [0.15, 0.2) is 17.5 Å². The van der Waals surface area contributed by atoms with Gasteiger partial charge in [-0.05, 0) is 24.8 Å². The standard InChI is InChI=1S/C15H27N3S/c1-3-14(2)18-10-8-17(9-11-18)7-6-16-13-15-5-4-12-19-15/h4-5,12,14,16H,3,6-11,13H2,1-2H3. The van der Waals surface area contributed by atoms with Gasteiger partial charge in [-0.1, -0.05) is 13.0 Å². The highest BCUT2D eigenvalue weighted by Gasteiger charge is 2.19. The van der Waals surface area contributed by atoms with Crippen molar-refractivity contribution < 1.29 is 0 Å². The first kappa shape index (κ1) is 15.0. The van der Waals surface area contributed by atoms with E-state index in [9.17, 15) is 0 Å². The van der Waals surface area contributed by atoms with E-state index in [0.717, 1.165) is 19.1 Å². The normalized spacial score (nSPS) is 19.7. The molecular formula is C15H27N3S. The second-order valence-electron chi connectivity index (χ2n) is 5.39. The zero-order valence-electron chi connectivity index (χ0n) is 12.3. The van der Waals surface area contributed by atoms with E-state index in [1.54, 1.807) is 0 Å². The Bertz CT molecular complexity index is 331. The molecule has 1 aromatic heterocycles. The molecule has 3 nitrogen and oxygen atoms in total. The summed E-state index contributed by atoms with van der Waals surface area (Å²) in [6, 6.07) is 5.07. The third-order valence-electron chi connectivity index (χ3n) is 4.11. The van der Waals surface area contributed by atoms with Gasteiger partial charge in [0.2, 0.25) is 0 Å². The molecule has 1 unspecified atom stereocenters. The molecule has 1 aliphatic rings. The third-order valence-corrected chi connectivity index (χ3v) is 4.98. The van der Waals surface area contributed by atoms with Gasteiger partial charge in [-0.2, -0.15) is 0 Å². The van der Waals surface area contributed by atoms with E-state index in [0.29, 0.717) is 0 Å². The minimum absolute atomic E-state index is 0.749. The first-order valence-electron chi connectivity index (χ1n) is 7.49. The fourth-order valence-corrected chi connectivity index (χ4v) is 3.22. The molecule has 1 saturated heterocycles. The van der Waals surface area contributed by atoms with E-state index in [-0.39, 0.29) is 0 Å². The van der Waals surface area contributed by atoms with E-state index in [1.165, 1.54) is 44.0 Å². The average Bonchev–Trinajstić information content (AvgIpc) is 2.96. The molecule has 0 spiro atoms. The van der Waals surface area contributed by atoms with Gasteiger partial charge in [0, 0.05) is 56.7 Å². The number of nitrogens with zero attached hydrogens (tertiary/aromatic N) is 2. The summed E-state index contributed by atoms with van der Waals surface area (Å²) in [5, 5.41) is 5.68. The summed E-state index contributed by atoms with van der Waals surface area (Å²) in [7, 11) is 0. The molecule has 19 heavy (non-hydrogen) atoms. The lowest BCUT2D eigenvalue weighted by Gasteiger charge is -2.37. The molecule has 1 atom stereocenters. The zero-order valence-corrected chi connectivity index (χ0v) is 13.1. The Morgan fingerprint density at radius 1 is 1.32 bits per heavy atom. The van der Waals surface area contributed by atoms with Crippen molar-refractivity contribution in [3.8, 4) is 0 Å². The third kappa shape index (κ3) is 4.88. The van der Waals surface area contributed by atoms with Crippen LogP contribution in [0.4, 0.5) is 0 Å². The molecule has 1 aliphatic heterocycles. The molecule has 1 fully saturated rings. The van der Waals surface area contributed by atoms with Crippen molar-refractivity contribution in [2.45, 2.75) is 32.9 Å². The second-order valence-corrected chi connectivity index (χ2v) is 6.42. The van der Waals surface area contributed by atoms with Gasteiger partial charge in [-0.15, -0.1) is 11.3 Å². The van der Waals surface area contributed by atoms with Gasteiger partial charge in [-0.3, -0.25) is 9.80 Å². The minimum atomic E-state index is 0.749. The van der Waals surface area contributed by atoms with E-state index < -0.39 is 0 Å². The number of thiophene rings is 1. The highest BCUT2D eigenvalue weighted by molar-refractivity contribution is 7.09. The fourth-order valence-electron chi connectivity index (χ4n) is 2.55. The van der Waals surface area contributed by atoms with Gasteiger partial charge >= 0.3 is 0 Å². The maximum absolute atomic E-state index is 3.54. The topological polar surface area (TPSA) is 18.5 Å². The van der Waals surface area contributed by atoms with Crippen LogP contribution in [0.25, 0.3) is 0 Å². The van der Waals surface area contributed by atoms with E-state index >= 15 is 0 Å². The largest absolute Gasteiger partial charge is 0.311 e. The summed E-state index contributed by atoms with van der Waals surface area (Å²) in [5.74, 6) is 0. The van der Waals surface area contributed by atoms with Crippen LogP contribution in [0.2, 0.25) is 0 Å². The predicted octanol–water partition coefficient (Wildman–Crippen LogP) is 2.25. The van der Waals surface area contributed by atoms with Crippen molar-refractivity contribution >= 4 is 11.3 Å². The molecule has 1 N–H and O–H groups in total. The Balaban J connectivity index is 1.56. The van der Waals surface area contributed by atoms with Crippen LogP contribution in [-0.2, 0) is 6.54 Å². The molecule has 0 aliphatic carbocycles. The van der Waals surface area contributed by atoms with E-state index in [4.69, 9.17) is 0 Å². The van der Waals surface area contributed by atoms with Gasteiger partial charge in [0.15, 0.2) is 0 Å². The zero-order chi connectivity index (χ0) is 13.5. The monoisotopic (exact) mass is 281 g/mol. The summed E-state index contributed by atoms with van der Waals surface area (Å²) < 4.78 is 0. The molecule has 0 radical (unpaired) electrons. The molecule has 0 saturated carbocycles. The average molecular weight is 281 g/mol. The first-order valence-corrected chi connectivity index (χ1v) is 8.37. The lowest BCUT2D eigenvalue weighted by Crippen LogP contribution is -2.50. The fraction of sp³-hybridized carbons (Fsp3) is 0.733. The van der Waals surface area contributed by atoms with Gasteiger partial charge in [-0.25, -0.2) is 0 Å². The predicted molar refractivity (Wildman–Crippen MR) is 83.8 cm³/mol. The van der Waals surface area contributed by atoms with E-state index in [1.807, 2.05) is 11.3 Å². The van der Waals surface area contributed by atoms with Crippen molar-refractivity contribution in [1.29, 1.82) is 0 Å². The summed E-state index contributed by atoms with van der Waals surface area (Å²) in [6.45, 7) is 12.9. The van der Waals surface area contributed by atoms with Crippen LogP contribution in [-0.4, -0.2) is 55.1 Å². The number of piperazine rings is 1. The molecule has 108 valence electrons. The quantitative estimate of drug-likeness (QED) is 0.774. The summed E-state index contributed by atoms with van der Waals surface area (Å²) in [5.41, 5.74) is 0. The molecular weight excluding hydrogens is 254 g/mol. The second kappa shape index (κ2) is 8.00. The van der Waals surface area contributed by atoms with Crippen LogP contribution >= 0.6 is 11.3 Å². The summed E-state index contributed by atoms with van der Waals surface area (Å²) in [6.07, 6.45) is 1.27. The van der Waals surface area contributed by atoms with Gasteiger partial charge in [0.25, 0.3) is 0 Å². The van der Waals surface area contributed by atoms with Crippen LogP contribution in [0.3, 0.4) is 0 Å². The minimum Gasteiger partial charge on any atom is -0.311 e. The Kier molecular flexibility index (Phi) is 6.31. The number of nitrogens with one attached hydrogen (secondary N) is 1. The molecule has 1 aromatic rings. The van der Waals surface area contributed by atoms with Gasteiger partial charge in [0.05, 0.1) is 0 Å².